The van der Waals surface area contributed by atoms with Gasteiger partial charge in [0.15, 0.2) is 0 Å². The Morgan fingerprint density at radius 1 is 1.00 bits per heavy atom. The van der Waals surface area contributed by atoms with E-state index in [4.69, 9.17) is 0 Å². The summed E-state index contributed by atoms with van der Waals surface area (Å²) in [5.41, 5.74) is 0.790. The van der Waals surface area contributed by atoms with Gasteiger partial charge < -0.3 is 5.11 Å². The minimum absolute atomic E-state index is 0.0995. The standard InChI is InChI=1S/C15H25BrO/c1-13(2)9-5-7-14(3)10(16)6-8-15(14,4)12(17)11(9)13/h9-12,17H,5-8H2,1-4H3/t9?,10-,11?,12-,14+,15+/m1/s1. The Morgan fingerprint density at radius 2 is 1.59 bits per heavy atom. The molecule has 3 saturated carbocycles. The fraction of sp³-hybridized carbons (Fsp3) is 1.00. The van der Waals surface area contributed by atoms with Gasteiger partial charge in [-0.1, -0.05) is 43.6 Å². The zero-order chi connectivity index (χ0) is 12.6. The SMILES string of the molecule is CC1(C)C2CC[C@@]3(C)[C@H](Br)CC[C@@]3(C)[C@H](O)C21. The average Bonchev–Trinajstić information content (AvgIpc) is 2.75. The van der Waals surface area contributed by atoms with Crippen molar-refractivity contribution in [3.63, 3.8) is 0 Å². The highest BCUT2D eigenvalue weighted by Crippen LogP contribution is 2.72. The maximum Gasteiger partial charge on any atom is 0.0635 e. The Labute approximate surface area is 113 Å². The lowest BCUT2D eigenvalue weighted by atomic mass is 9.62. The minimum Gasteiger partial charge on any atom is -0.392 e. The summed E-state index contributed by atoms with van der Waals surface area (Å²) < 4.78 is 0. The van der Waals surface area contributed by atoms with E-state index in [2.05, 4.69) is 43.6 Å². The smallest absolute Gasteiger partial charge is 0.0635 e. The van der Waals surface area contributed by atoms with E-state index in [-0.39, 0.29) is 16.9 Å². The maximum absolute atomic E-state index is 10.9. The third kappa shape index (κ3) is 1.30. The Kier molecular flexibility index (Phi) is 2.42. The van der Waals surface area contributed by atoms with Gasteiger partial charge in [-0.05, 0) is 48.3 Å². The van der Waals surface area contributed by atoms with Gasteiger partial charge in [0.25, 0.3) is 0 Å². The van der Waals surface area contributed by atoms with E-state index in [1.807, 2.05) is 0 Å². The quantitative estimate of drug-likeness (QED) is 0.671. The molecule has 0 aliphatic heterocycles. The highest BCUT2D eigenvalue weighted by Gasteiger charge is 2.70. The van der Waals surface area contributed by atoms with E-state index in [0.717, 1.165) is 5.92 Å². The van der Waals surface area contributed by atoms with Gasteiger partial charge in [-0.25, -0.2) is 0 Å². The van der Waals surface area contributed by atoms with Crippen molar-refractivity contribution in [3.05, 3.63) is 0 Å². The normalized spacial score (nSPS) is 60.4. The molecule has 1 N–H and O–H groups in total. The van der Waals surface area contributed by atoms with Crippen LogP contribution in [0.3, 0.4) is 0 Å². The average molecular weight is 301 g/mol. The van der Waals surface area contributed by atoms with Crippen LogP contribution in [0.15, 0.2) is 0 Å². The van der Waals surface area contributed by atoms with Gasteiger partial charge in [-0.2, -0.15) is 0 Å². The van der Waals surface area contributed by atoms with Crippen molar-refractivity contribution >= 4 is 15.9 Å². The van der Waals surface area contributed by atoms with Gasteiger partial charge in [0.1, 0.15) is 0 Å². The number of aliphatic hydroxyl groups is 1. The van der Waals surface area contributed by atoms with Crippen molar-refractivity contribution in [3.8, 4) is 0 Å². The molecule has 3 aliphatic rings. The Morgan fingerprint density at radius 3 is 2.24 bits per heavy atom. The number of aliphatic hydroxyl groups excluding tert-OH is 1. The first-order valence-corrected chi connectivity index (χ1v) is 7.99. The first kappa shape index (κ1) is 12.5. The van der Waals surface area contributed by atoms with Gasteiger partial charge in [0.2, 0.25) is 0 Å². The molecule has 0 aromatic carbocycles. The summed E-state index contributed by atoms with van der Waals surface area (Å²) in [6.45, 7) is 9.44. The van der Waals surface area contributed by atoms with Crippen LogP contribution in [0, 0.1) is 28.1 Å². The monoisotopic (exact) mass is 300 g/mol. The number of fused-ring (bicyclic) bond motifs is 2. The van der Waals surface area contributed by atoms with Crippen molar-refractivity contribution < 1.29 is 5.11 Å². The van der Waals surface area contributed by atoms with Gasteiger partial charge >= 0.3 is 0 Å². The van der Waals surface area contributed by atoms with E-state index in [1.54, 1.807) is 0 Å². The molecule has 17 heavy (non-hydrogen) atoms. The highest BCUT2D eigenvalue weighted by molar-refractivity contribution is 9.09. The topological polar surface area (TPSA) is 20.2 Å². The first-order valence-electron chi connectivity index (χ1n) is 7.07. The van der Waals surface area contributed by atoms with Gasteiger partial charge in [0.05, 0.1) is 6.10 Å². The first-order chi connectivity index (χ1) is 7.75. The van der Waals surface area contributed by atoms with Crippen LogP contribution in [0.1, 0.15) is 53.4 Å². The zero-order valence-electron chi connectivity index (χ0n) is 11.5. The predicted molar refractivity (Wildman–Crippen MR) is 74.2 cm³/mol. The molecular formula is C15H25BrO. The molecule has 3 rings (SSSR count). The summed E-state index contributed by atoms with van der Waals surface area (Å²) in [5.74, 6) is 1.31. The van der Waals surface area contributed by atoms with E-state index < -0.39 is 0 Å². The van der Waals surface area contributed by atoms with Gasteiger partial charge in [-0.15, -0.1) is 0 Å². The minimum atomic E-state index is -0.0995. The number of hydrogen-bond donors (Lipinski definition) is 1. The lowest BCUT2D eigenvalue weighted by Crippen LogP contribution is -2.46. The number of rotatable bonds is 0. The molecular weight excluding hydrogens is 276 g/mol. The molecule has 0 spiro atoms. The van der Waals surface area contributed by atoms with Crippen LogP contribution in [0.25, 0.3) is 0 Å². The summed E-state index contributed by atoms with van der Waals surface area (Å²) in [6.07, 6.45) is 4.89. The predicted octanol–water partition coefficient (Wildman–Crippen LogP) is 3.98. The second kappa shape index (κ2) is 3.30. The maximum atomic E-state index is 10.9. The van der Waals surface area contributed by atoms with Crippen LogP contribution in [0.4, 0.5) is 0 Å². The molecule has 3 fully saturated rings. The van der Waals surface area contributed by atoms with Crippen LogP contribution in [-0.4, -0.2) is 16.0 Å². The second-order valence-electron chi connectivity index (χ2n) is 7.78. The molecule has 98 valence electrons. The molecule has 0 amide bonds. The summed E-state index contributed by atoms with van der Waals surface area (Å²) >= 11 is 3.89. The summed E-state index contributed by atoms with van der Waals surface area (Å²) in [7, 11) is 0. The Bertz CT molecular complexity index is 353. The molecule has 0 heterocycles. The van der Waals surface area contributed by atoms with Crippen molar-refractivity contribution in [2.24, 2.45) is 28.1 Å². The van der Waals surface area contributed by atoms with Crippen LogP contribution in [0.5, 0.6) is 0 Å². The highest BCUT2D eigenvalue weighted by atomic mass is 79.9. The fourth-order valence-corrected chi connectivity index (χ4v) is 6.11. The van der Waals surface area contributed by atoms with Crippen molar-refractivity contribution in [1.82, 2.24) is 0 Å². The second-order valence-corrected chi connectivity index (χ2v) is 8.88. The van der Waals surface area contributed by atoms with E-state index >= 15 is 0 Å². The summed E-state index contributed by atoms with van der Waals surface area (Å²) in [6, 6.07) is 0. The van der Waals surface area contributed by atoms with E-state index in [1.165, 1.54) is 25.7 Å². The van der Waals surface area contributed by atoms with Crippen molar-refractivity contribution in [2.75, 3.05) is 0 Å². The van der Waals surface area contributed by atoms with Gasteiger partial charge in [0, 0.05) is 10.2 Å². The van der Waals surface area contributed by atoms with Crippen LogP contribution >= 0.6 is 15.9 Å². The fourth-order valence-electron chi connectivity index (χ4n) is 5.13. The molecule has 0 aromatic rings. The third-order valence-corrected chi connectivity index (χ3v) is 8.49. The number of halogens is 1. The van der Waals surface area contributed by atoms with E-state index in [0.29, 0.717) is 16.2 Å². The molecule has 2 unspecified atom stereocenters. The molecule has 6 atom stereocenters. The molecule has 0 radical (unpaired) electrons. The molecule has 1 nitrogen and oxygen atoms in total. The Balaban J connectivity index is 1.99. The van der Waals surface area contributed by atoms with Crippen LogP contribution in [0.2, 0.25) is 0 Å². The van der Waals surface area contributed by atoms with Crippen LogP contribution < -0.4 is 0 Å². The number of hydrogen-bond acceptors (Lipinski definition) is 1. The number of alkyl halides is 1. The zero-order valence-corrected chi connectivity index (χ0v) is 13.0. The Hall–Kier alpha value is 0.440. The third-order valence-electron chi connectivity index (χ3n) is 7.02. The lowest BCUT2D eigenvalue weighted by molar-refractivity contribution is -0.0503. The van der Waals surface area contributed by atoms with Crippen molar-refractivity contribution in [1.29, 1.82) is 0 Å². The molecule has 0 aromatic heterocycles. The van der Waals surface area contributed by atoms with Crippen molar-refractivity contribution in [2.45, 2.75) is 64.3 Å². The van der Waals surface area contributed by atoms with Gasteiger partial charge in [-0.3, -0.25) is 0 Å². The summed E-state index contributed by atoms with van der Waals surface area (Å²) in [4.78, 5) is 0.593. The van der Waals surface area contributed by atoms with Crippen LogP contribution in [-0.2, 0) is 0 Å². The molecule has 0 bridgehead atoms. The lowest BCUT2D eigenvalue weighted by Gasteiger charge is -2.46. The molecule has 3 aliphatic carbocycles. The van der Waals surface area contributed by atoms with E-state index in [9.17, 15) is 5.11 Å². The molecule has 2 heteroatoms. The molecule has 0 saturated heterocycles. The summed E-state index contributed by atoms with van der Waals surface area (Å²) in [5, 5.41) is 10.9. The largest absolute Gasteiger partial charge is 0.392 e.